The number of carbonyl (C=O) groups excluding carboxylic acids is 1. The number of hydrogen-bond donors (Lipinski definition) is 2. The molecule has 0 saturated carbocycles. The molecule has 2 aliphatic rings. The Morgan fingerprint density at radius 2 is 2.18 bits per heavy atom. The van der Waals surface area contributed by atoms with E-state index in [9.17, 15) is 4.79 Å². The second kappa shape index (κ2) is 4.92. The Hall–Kier alpha value is -0.650. The highest BCUT2D eigenvalue weighted by Gasteiger charge is 2.36. The van der Waals surface area contributed by atoms with Crippen LogP contribution in [0, 0.1) is 0 Å². The molecule has 0 aromatic rings. The maximum Gasteiger partial charge on any atom is 0.241 e. The molecular formula is C12H23N3O2. The molecule has 5 heteroatoms. The fraction of sp³-hybridized carbons (Fsp3) is 0.917. The monoisotopic (exact) mass is 241 g/mol. The molecule has 2 unspecified atom stereocenters. The highest BCUT2D eigenvalue weighted by Crippen LogP contribution is 2.21. The molecule has 2 aliphatic heterocycles. The lowest BCUT2D eigenvalue weighted by atomic mass is 10.0. The Morgan fingerprint density at radius 3 is 2.76 bits per heavy atom. The summed E-state index contributed by atoms with van der Waals surface area (Å²) < 4.78 is 5.81. The van der Waals surface area contributed by atoms with Gasteiger partial charge in [0.15, 0.2) is 0 Å². The number of piperazine rings is 1. The highest BCUT2D eigenvalue weighted by atomic mass is 16.5. The lowest BCUT2D eigenvalue weighted by molar-refractivity contribution is -0.160. The number of carbonyl (C=O) groups is 1. The molecule has 0 radical (unpaired) electrons. The molecule has 2 saturated heterocycles. The van der Waals surface area contributed by atoms with Gasteiger partial charge in [0.25, 0.3) is 0 Å². The Labute approximate surface area is 103 Å². The fourth-order valence-electron chi connectivity index (χ4n) is 2.67. The molecule has 5 nitrogen and oxygen atoms in total. The molecule has 2 N–H and O–H groups in total. The van der Waals surface area contributed by atoms with Gasteiger partial charge >= 0.3 is 0 Å². The van der Waals surface area contributed by atoms with Crippen LogP contribution in [-0.4, -0.2) is 61.3 Å². The van der Waals surface area contributed by atoms with Crippen LogP contribution < -0.4 is 10.6 Å². The summed E-state index contributed by atoms with van der Waals surface area (Å²) in [4.78, 5) is 14.3. The second-order valence-corrected chi connectivity index (χ2v) is 5.62. The summed E-state index contributed by atoms with van der Waals surface area (Å²) in [5, 5.41) is 6.51. The van der Waals surface area contributed by atoms with Gasteiger partial charge in [0.1, 0.15) is 0 Å². The van der Waals surface area contributed by atoms with E-state index in [2.05, 4.69) is 10.6 Å². The number of morpholine rings is 1. The smallest absolute Gasteiger partial charge is 0.241 e. The first-order chi connectivity index (χ1) is 7.98. The van der Waals surface area contributed by atoms with Crippen LogP contribution in [0.3, 0.4) is 0 Å². The first kappa shape index (κ1) is 12.8. The number of hydrogen-bond acceptors (Lipinski definition) is 4. The number of nitrogens with zero attached hydrogens (tertiary/aromatic N) is 1. The molecule has 2 atom stereocenters. The van der Waals surface area contributed by atoms with Gasteiger partial charge in [-0.3, -0.25) is 4.79 Å². The maximum atomic E-state index is 12.4. The first-order valence-electron chi connectivity index (χ1n) is 6.39. The van der Waals surface area contributed by atoms with Crippen LogP contribution in [0.25, 0.3) is 0 Å². The maximum absolute atomic E-state index is 12.4. The van der Waals surface area contributed by atoms with Crippen molar-refractivity contribution in [2.45, 2.75) is 38.5 Å². The third kappa shape index (κ3) is 3.18. The topological polar surface area (TPSA) is 53.6 Å². The van der Waals surface area contributed by atoms with E-state index in [4.69, 9.17) is 4.74 Å². The summed E-state index contributed by atoms with van der Waals surface area (Å²) in [6, 6.07) is -0.0788. The van der Waals surface area contributed by atoms with E-state index in [1.54, 1.807) is 0 Å². The molecule has 0 aromatic carbocycles. The average molecular weight is 241 g/mol. The molecule has 98 valence electrons. The lowest BCUT2D eigenvalue weighted by Crippen LogP contribution is -2.61. The fourth-order valence-corrected chi connectivity index (χ4v) is 2.67. The molecule has 0 aliphatic carbocycles. The Bertz CT molecular complexity index is 287. The summed E-state index contributed by atoms with van der Waals surface area (Å²) in [7, 11) is 0. The SMILES string of the molecule is CC1CN(C(=O)C2CNCCN2)CC(C)(C)O1. The third-order valence-electron chi connectivity index (χ3n) is 3.22. The minimum absolute atomic E-state index is 0.0788. The molecule has 2 rings (SSSR count). The Morgan fingerprint density at radius 1 is 1.41 bits per heavy atom. The largest absolute Gasteiger partial charge is 0.369 e. The van der Waals surface area contributed by atoms with Crippen molar-refractivity contribution in [2.75, 3.05) is 32.7 Å². The van der Waals surface area contributed by atoms with Crippen LogP contribution in [-0.2, 0) is 9.53 Å². The van der Waals surface area contributed by atoms with E-state index >= 15 is 0 Å². The van der Waals surface area contributed by atoms with Gasteiger partial charge in [-0.25, -0.2) is 0 Å². The van der Waals surface area contributed by atoms with Crippen LogP contribution in [0.15, 0.2) is 0 Å². The van der Waals surface area contributed by atoms with Crippen LogP contribution in [0.2, 0.25) is 0 Å². The van der Waals surface area contributed by atoms with Crippen molar-refractivity contribution in [3.05, 3.63) is 0 Å². The minimum atomic E-state index is -0.241. The molecule has 0 aromatic heterocycles. The van der Waals surface area contributed by atoms with Gasteiger partial charge in [-0.1, -0.05) is 0 Å². The summed E-state index contributed by atoms with van der Waals surface area (Å²) in [6.07, 6.45) is 0.110. The predicted molar refractivity (Wildman–Crippen MR) is 65.9 cm³/mol. The summed E-state index contributed by atoms with van der Waals surface area (Å²) >= 11 is 0. The molecule has 1 amide bonds. The molecule has 17 heavy (non-hydrogen) atoms. The summed E-state index contributed by atoms with van der Waals surface area (Å²) in [5.74, 6) is 0.195. The van der Waals surface area contributed by atoms with Gasteiger partial charge in [0.05, 0.1) is 17.7 Å². The predicted octanol–water partition coefficient (Wildman–Crippen LogP) is -0.426. The van der Waals surface area contributed by atoms with E-state index < -0.39 is 0 Å². The minimum Gasteiger partial charge on any atom is -0.369 e. The van der Waals surface area contributed by atoms with Crippen molar-refractivity contribution in [3.63, 3.8) is 0 Å². The zero-order chi connectivity index (χ0) is 12.5. The average Bonchev–Trinajstić information content (AvgIpc) is 2.26. The zero-order valence-electron chi connectivity index (χ0n) is 11.0. The van der Waals surface area contributed by atoms with Crippen LogP contribution in [0.1, 0.15) is 20.8 Å². The summed E-state index contributed by atoms with van der Waals surface area (Å²) in [6.45, 7) is 9.99. The number of amides is 1. The van der Waals surface area contributed by atoms with E-state index in [0.29, 0.717) is 13.1 Å². The van der Waals surface area contributed by atoms with Crippen LogP contribution >= 0.6 is 0 Å². The normalized spacial score (nSPS) is 33.5. The molecular weight excluding hydrogens is 218 g/mol. The first-order valence-corrected chi connectivity index (χ1v) is 6.39. The Kier molecular flexibility index (Phi) is 3.70. The van der Waals surface area contributed by atoms with Crippen molar-refractivity contribution < 1.29 is 9.53 Å². The zero-order valence-corrected chi connectivity index (χ0v) is 11.0. The van der Waals surface area contributed by atoms with Gasteiger partial charge < -0.3 is 20.3 Å². The lowest BCUT2D eigenvalue weighted by Gasteiger charge is -2.43. The number of ether oxygens (including phenoxy) is 1. The van der Waals surface area contributed by atoms with Gasteiger partial charge in [0.2, 0.25) is 5.91 Å². The molecule has 0 spiro atoms. The standard InChI is InChI=1S/C12H23N3O2/c1-9-7-15(8-12(2,3)17-9)11(16)10-6-13-4-5-14-10/h9-10,13-14H,4-8H2,1-3H3. The second-order valence-electron chi connectivity index (χ2n) is 5.62. The highest BCUT2D eigenvalue weighted by molar-refractivity contribution is 5.82. The van der Waals surface area contributed by atoms with Crippen LogP contribution in [0.5, 0.6) is 0 Å². The molecule has 0 bridgehead atoms. The van der Waals surface area contributed by atoms with E-state index in [0.717, 1.165) is 19.6 Å². The van der Waals surface area contributed by atoms with Crippen molar-refractivity contribution in [3.8, 4) is 0 Å². The van der Waals surface area contributed by atoms with E-state index in [1.165, 1.54) is 0 Å². The van der Waals surface area contributed by atoms with Crippen molar-refractivity contribution in [1.82, 2.24) is 15.5 Å². The van der Waals surface area contributed by atoms with E-state index in [-0.39, 0.29) is 23.7 Å². The van der Waals surface area contributed by atoms with Gasteiger partial charge in [0, 0.05) is 32.7 Å². The Balaban J connectivity index is 1.98. The quantitative estimate of drug-likeness (QED) is 0.654. The van der Waals surface area contributed by atoms with Crippen LogP contribution in [0.4, 0.5) is 0 Å². The number of nitrogens with one attached hydrogen (secondary N) is 2. The van der Waals surface area contributed by atoms with Crippen molar-refractivity contribution >= 4 is 5.91 Å². The van der Waals surface area contributed by atoms with E-state index in [1.807, 2.05) is 25.7 Å². The third-order valence-corrected chi connectivity index (χ3v) is 3.22. The molecule has 2 heterocycles. The van der Waals surface area contributed by atoms with Gasteiger partial charge in [-0.05, 0) is 20.8 Å². The van der Waals surface area contributed by atoms with Gasteiger partial charge in [-0.15, -0.1) is 0 Å². The van der Waals surface area contributed by atoms with Gasteiger partial charge in [-0.2, -0.15) is 0 Å². The van der Waals surface area contributed by atoms with Crippen molar-refractivity contribution in [1.29, 1.82) is 0 Å². The van der Waals surface area contributed by atoms with Crippen molar-refractivity contribution in [2.24, 2.45) is 0 Å². The number of rotatable bonds is 1. The summed E-state index contributed by atoms with van der Waals surface area (Å²) in [5.41, 5.74) is -0.241. The molecule has 2 fully saturated rings.